The Labute approximate surface area is 199 Å². The molecule has 0 aliphatic carbocycles. The lowest BCUT2D eigenvalue weighted by molar-refractivity contribution is -0.135. The Kier molecular flexibility index (Phi) is 6.39. The first kappa shape index (κ1) is 22.0. The van der Waals surface area contributed by atoms with Crippen LogP contribution in [0.4, 0.5) is 5.13 Å². The minimum absolute atomic E-state index is 0.0120. The van der Waals surface area contributed by atoms with E-state index in [4.69, 9.17) is 4.42 Å². The van der Waals surface area contributed by atoms with Gasteiger partial charge in [-0.25, -0.2) is 9.99 Å². The van der Waals surface area contributed by atoms with Gasteiger partial charge in [-0.2, -0.15) is 5.10 Å². The van der Waals surface area contributed by atoms with E-state index in [1.807, 2.05) is 41.9 Å². The Morgan fingerprint density at radius 1 is 1.21 bits per heavy atom. The SMILES string of the molecule is Cc1csc(NC(=O)C2CCN(CC(=O)N3N=C(c4cccs4)C[C@@H]3c3ccco3)CC2)n1. The molecule has 10 heteroatoms. The van der Waals surface area contributed by atoms with Gasteiger partial charge in [-0.1, -0.05) is 6.07 Å². The van der Waals surface area contributed by atoms with Crippen LogP contribution in [0, 0.1) is 12.8 Å². The van der Waals surface area contributed by atoms with E-state index in [0.717, 1.165) is 34.9 Å². The average molecular weight is 484 g/mol. The first-order chi connectivity index (χ1) is 16.1. The number of furan rings is 1. The monoisotopic (exact) mass is 483 g/mol. The van der Waals surface area contributed by atoms with E-state index in [2.05, 4.69) is 20.3 Å². The van der Waals surface area contributed by atoms with Gasteiger partial charge in [-0.15, -0.1) is 22.7 Å². The number of aromatic nitrogens is 1. The third-order valence-corrected chi connectivity index (χ3v) is 7.80. The number of hydrogen-bond acceptors (Lipinski definition) is 8. The van der Waals surface area contributed by atoms with Gasteiger partial charge in [-0.05, 0) is 56.4 Å². The summed E-state index contributed by atoms with van der Waals surface area (Å²) in [6.45, 7) is 3.58. The van der Waals surface area contributed by atoms with Crippen LogP contribution in [0.25, 0.3) is 0 Å². The quantitative estimate of drug-likeness (QED) is 0.569. The number of thiophene rings is 1. The highest BCUT2D eigenvalue weighted by Crippen LogP contribution is 2.34. The molecule has 1 N–H and O–H groups in total. The fraction of sp³-hybridized carbons (Fsp3) is 0.391. The Morgan fingerprint density at radius 2 is 2.06 bits per heavy atom. The Bertz CT molecular complexity index is 1130. The molecule has 1 fully saturated rings. The Hall–Kier alpha value is -2.82. The van der Waals surface area contributed by atoms with Gasteiger partial charge in [0.15, 0.2) is 5.13 Å². The average Bonchev–Trinajstić information content (AvgIpc) is 3.60. The van der Waals surface area contributed by atoms with Crippen molar-refractivity contribution in [1.29, 1.82) is 0 Å². The van der Waals surface area contributed by atoms with Crippen LogP contribution in [0.15, 0.2) is 50.8 Å². The molecule has 33 heavy (non-hydrogen) atoms. The van der Waals surface area contributed by atoms with Gasteiger partial charge in [0.05, 0.1) is 29.1 Å². The maximum absolute atomic E-state index is 13.2. The summed E-state index contributed by atoms with van der Waals surface area (Å²) in [5.41, 5.74) is 1.82. The number of carbonyl (C=O) groups is 2. The molecule has 5 heterocycles. The molecule has 5 rings (SSSR count). The van der Waals surface area contributed by atoms with Crippen LogP contribution in [0.5, 0.6) is 0 Å². The molecule has 3 aromatic rings. The number of hydrogen-bond donors (Lipinski definition) is 1. The van der Waals surface area contributed by atoms with E-state index in [1.165, 1.54) is 11.3 Å². The van der Waals surface area contributed by atoms with Gasteiger partial charge in [0.25, 0.3) is 5.91 Å². The van der Waals surface area contributed by atoms with Crippen LogP contribution in [-0.4, -0.2) is 52.1 Å². The number of aryl methyl sites for hydroxylation is 1. The Morgan fingerprint density at radius 3 is 2.73 bits per heavy atom. The number of likely N-dealkylation sites (tertiary alicyclic amines) is 1. The molecule has 1 atom stereocenters. The number of amides is 2. The summed E-state index contributed by atoms with van der Waals surface area (Å²) in [6, 6.07) is 7.52. The van der Waals surface area contributed by atoms with Gasteiger partial charge in [0, 0.05) is 17.7 Å². The zero-order chi connectivity index (χ0) is 22.8. The number of piperidine rings is 1. The first-order valence-electron chi connectivity index (χ1n) is 11.0. The molecule has 0 spiro atoms. The molecule has 1 saturated heterocycles. The summed E-state index contributed by atoms with van der Waals surface area (Å²) in [7, 11) is 0. The summed E-state index contributed by atoms with van der Waals surface area (Å²) in [6.07, 6.45) is 3.70. The van der Waals surface area contributed by atoms with Crippen molar-refractivity contribution >= 4 is 45.3 Å². The molecule has 0 aromatic carbocycles. The van der Waals surface area contributed by atoms with E-state index in [0.29, 0.717) is 24.6 Å². The summed E-state index contributed by atoms with van der Waals surface area (Å²) >= 11 is 3.06. The van der Waals surface area contributed by atoms with Crippen molar-refractivity contribution in [3.8, 4) is 0 Å². The molecular formula is C23H25N5O3S2. The lowest BCUT2D eigenvalue weighted by Gasteiger charge is -2.31. The van der Waals surface area contributed by atoms with Crippen LogP contribution in [0.1, 0.15) is 41.6 Å². The largest absolute Gasteiger partial charge is 0.467 e. The summed E-state index contributed by atoms with van der Waals surface area (Å²) in [5, 5.41) is 13.8. The maximum atomic E-state index is 13.2. The normalized spacial score (nSPS) is 19.6. The van der Waals surface area contributed by atoms with Gasteiger partial charge in [-0.3, -0.25) is 14.5 Å². The fourth-order valence-electron chi connectivity index (χ4n) is 4.27. The van der Waals surface area contributed by atoms with Crippen molar-refractivity contribution in [3.63, 3.8) is 0 Å². The predicted molar refractivity (Wildman–Crippen MR) is 128 cm³/mol. The molecule has 3 aromatic heterocycles. The zero-order valence-corrected chi connectivity index (χ0v) is 19.9. The standard InChI is InChI=1S/C23H25N5O3S2/c1-15-14-33-23(24-15)25-22(30)16-6-8-27(9-7-16)13-21(29)28-18(19-4-2-10-31-19)12-17(26-28)20-5-3-11-32-20/h2-5,10-11,14,16,18H,6-9,12-13H2,1H3,(H,24,25,30)/t18-/m1/s1. The second kappa shape index (κ2) is 9.58. The van der Waals surface area contributed by atoms with Gasteiger partial charge in [0.1, 0.15) is 11.8 Å². The molecule has 0 radical (unpaired) electrons. The zero-order valence-electron chi connectivity index (χ0n) is 18.3. The summed E-state index contributed by atoms with van der Waals surface area (Å²) in [4.78, 5) is 33.3. The minimum atomic E-state index is -0.227. The maximum Gasteiger partial charge on any atom is 0.257 e. The second-order valence-corrected chi connectivity index (χ2v) is 10.1. The third-order valence-electron chi connectivity index (χ3n) is 6.01. The fourth-order valence-corrected chi connectivity index (χ4v) is 5.68. The van der Waals surface area contributed by atoms with Crippen LogP contribution in [0.3, 0.4) is 0 Å². The highest BCUT2D eigenvalue weighted by Gasteiger charge is 2.36. The van der Waals surface area contributed by atoms with E-state index < -0.39 is 0 Å². The third kappa shape index (κ3) is 4.92. The number of anilines is 1. The topological polar surface area (TPSA) is 91.0 Å². The van der Waals surface area contributed by atoms with E-state index >= 15 is 0 Å². The smallest absolute Gasteiger partial charge is 0.257 e. The summed E-state index contributed by atoms with van der Waals surface area (Å²) in [5.74, 6) is 0.639. The molecule has 2 aliphatic heterocycles. The summed E-state index contributed by atoms with van der Waals surface area (Å²) < 4.78 is 5.62. The van der Waals surface area contributed by atoms with Crippen molar-refractivity contribution in [2.24, 2.45) is 11.0 Å². The van der Waals surface area contributed by atoms with Gasteiger partial charge < -0.3 is 9.73 Å². The number of thiazole rings is 1. The molecule has 0 unspecified atom stereocenters. The molecule has 172 valence electrons. The van der Waals surface area contributed by atoms with Crippen molar-refractivity contribution in [3.05, 3.63) is 57.6 Å². The lowest BCUT2D eigenvalue weighted by atomic mass is 9.96. The van der Waals surface area contributed by atoms with E-state index in [9.17, 15) is 9.59 Å². The molecule has 0 bridgehead atoms. The van der Waals surface area contributed by atoms with Crippen molar-refractivity contribution in [2.75, 3.05) is 25.0 Å². The highest BCUT2D eigenvalue weighted by atomic mass is 32.1. The van der Waals surface area contributed by atoms with Gasteiger partial charge in [0.2, 0.25) is 5.91 Å². The molecule has 2 aliphatic rings. The number of nitrogens with one attached hydrogen (secondary N) is 1. The number of nitrogens with zero attached hydrogens (tertiary/aromatic N) is 4. The molecular weight excluding hydrogens is 458 g/mol. The number of rotatable bonds is 6. The second-order valence-electron chi connectivity index (χ2n) is 8.33. The van der Waals surface area contributed by atoms with Crippen molar-refractivity contribution < 1.29 is 14.0 Å². The van der Waals surface area contributed by atoms with Gasteiger partial charge >= 0.3 is 0 Å². The van der Waals surface area contributed by atoms with Crippen LogP contribution in [-0.2, 0) is 9.59 Å². The van der Waals surface area contributed by atoms with Crippen molar-refractivity contribution in [2.45, 2.75) is 32.2 Å². The molecule has 8 nitrogen and oxygen atoms in total. The lowest BCUT2D eigenvalue weighted by Crippen LogP contribution is -2.43. The molecule has 0 saturated carbocycles. The van der Waals surface area contributed by atoms with E-state index in [-0.39, 0.29) is 30.3 Å². The number of hydrazone groups is 1. The molecule has 2 amide bonds. The van der Waals surface area contributed by atoms with E-state index in [1.54, 1.807) is 22.6 Å². The van der Waals surface area contributed by atoms with Crippen LogP contribution in [0.2, 0.25) is 0 Å². The highest BCUT2D eigenvalue weighted by molar-refractivity contribution is 7.14. The predicted octanol–water partition coefficient (Wildman–Crippen LogP) is 4.13. The van der Waals surface area contributed by atoms with Crippen LogP contribution >= 0.6 is 22.7 Å². The minimum Gasteiger partial charge on any atom is -0.467 e. The first-order valence-corrected chi connectivity index (χ1v) is 12.7. The number of carbonyl (C=O) groups excluding carboxylic acids is 2. The van der Waals surface area contributed by atoms with Crippen molar-refractivity contribution in [1.82, 2.24) is 14.9 Å². The Balaban J connectivity index is 1.19. The van der Waals surface area contributed by atoms with Crippen LogP contribution < -0.4 is 5.32 Å².